The van der Waals surface area contributed by atoms with E-state index >= 15 is 0 Å². The number of fused-ring (bicyclic) bond motifs is 1. The standard InChI is InChI=1S/C26H22FN3O6S/c1-4-36-26(33)23-16-14-37-24(22(16)25(32)30(29-23)18-8-6-5-7-17(18)27)28-21(31)12-10-15-9-11-19(34-2)20(13-15)35-3/h5-14H,4H2,1-3H3,(H,28,31)/b12-10+. The second-order valence-corrected chi connectivity index (χ2v) is 8.41. The fourth-order valence-electron chi connectivity index (χ4n) is 3.56. The van der Waals surface area contributed by atoms with E-state index < -0.39 is 23.3 Å². The second kappa shape index (κ2) is 11.0. The second-order valence-electron chi connectivity index (χ2n) is 7.53. The molecule has 1 N–H and O–H groups in total. The lowest BCUT2D eigenvalue weighted by Crippen LogP contribution is -2.26. The Morgan fingerprint density at radius 1 is 1.14 bits per heavy atom. The van der Waals surface area contributed by atoms with Gasteiger partial charge in [0.25, 0.3) is 5.56 Å². The highest BCUT2D eigenvalue weighted by molar-refractivity contribution is 7.16. The number of anilines is 1. The number of thiophene rings is 1. The number of esters is 1. The van der Waals surface area contributed by atoms with Crippen LogP contribution < -0.4 is 20.3 Å². The van der Waals surface area contributed by atoms with E-state index in [0.29, 0.717) is 17.1 Å². The average Bonchev–Trinajstić information content (AvgIpc) is 3.32. The summed E-state index contributed by atoms with van der Waals surface area (Å²) in [7, 11) is 3.03. The number of halogens is 1. The van der Waals surface area contributed by atoms with E-state index in [1.165, 1.54) is 49.9 Å². The van der Waals surface area contributed by atoms with Crippen molar-refractivity contribution in [3.8, 4) is 17.2 Å². The van der Waals surface area contributed by atoms with Crippen LogP contribution in [0.4, 0.5) is 9.39 Å². The van der Waals surface area contributed by atoms with Crippen LogP contribution in [0.2, 0.25) is 0 Å². The quantitative estimate of drug-likeness (QED) is 0.269. The highest BCUT2D eigenvalue weighted by atomic mass is 32.1. The first-order chi connectivity index (χ1) is 17.9. The summed E-state index contributed by atoms with van der Waals surface area (Å²) in [5.41, 5.74) is -0.331. The summed E-state index contributed by atoms with van der Waals surface area (Å²) >= 11 is 1.04. The lowest BCUT2D eigenvalue weighted by Gasteiger charge is -2.10. The maximum atomic E-state index is 14.5. The Morgan fingerprint density at radius 3 is 2.59 bits per heavy atom. The van der Waals surface area contributed by atoms with Gasteiger partial charge in [0.2, 0.25) is 5.91 Å². The molecular formula is C26H22FN3O6S. The van der Waals surface area contributed by atoms with Gasteiger partial charge in [-0.25, -0.2) is 9.18 Å². The van der Waals surface area contributed by atoms with Gasteiger partial charge in [-0.15, -0.1) is 11.3 Å². The van der Waals surface area contributed by atoms with Crippen molar-refractivity contribution in [1.82, 2.24) is 9.78 Å². The van der Waals surface area contributed by atoms with Crippen LogP contribution in [0.1, 0.15) is 23.0 Å². The van der Waals surface area contributed by atoms with Crippen molar-refractivity contribution < 1.29 is 28.2 Å². The fourth-order valence-corrected chi connectivity index (χ4v) is 4.50. The molecule has 4 rings (SSSR count). The molecule has 9 nitrogen and oxygen atoms in total. The number of carbonyl (C=O) groups is 2. The molecule has 11 heteroatoms. The Hall–Kier alpha value is -4.51. The predicted molar refractivity (Wildman–Crippen MR) is 138 cm³/mol. The van der Waals surface area contributed by atoms with Gasteiger partial charge >= 0.3 is 5.97 Å². The Balaban J connectivity index is 1.74. The fraction of sp³-hybridized carbons (Fsp3) is 0.154. The monoisotopic (exact) mass is 523 g/mol. The molecule has 190 valence electrons. The van der Waals surface area contributed by atoms with Crippen molar-refractivity contribution in [1.29, 1.82) is 0 Å². The number of hydrogen-bond donors (Lipinski definition) is 1. The molecule has 2 aromatic carbocycles. The summed E-state index contributed by atoms with van der Waals surface area (Å²) in [4.78, 5) is 38.7. The highest BCUT2D eigenvalue weighted by Gasteiger charge is 2.23. The van der Waals surface area contributed by atoms with Gasteiger partial charge in [0.1, 0.15) is 16.5 Å². The van der Waals surface area contributed by atoms with Crippen molar-refractivity contribution in [3.63, 3.8) is 0 Å². The molecule has 0 bridgehead atoms. The summed E-state index contributed by atoms with van der Waals surface area (Å²) in [5.74, 6) is -0.954. The topological polar surface area (TPSA) is 109 Å². The zero-order valence-corrected chi connectivity index (χ0v) is 20.9. The molecule has 0 fully saturated rings. The van der Waals surface area contributed by atoms with Crippen molar-refractivity contribution in [2.24, 2.45) is 0 Å². The summed E-state index contributed by atoms with van der Waals surface area (Å²) in [6.07, 6.45) is 2.85. The minimum atomic E-state index is -0.776. The van der Waals surface area contributed by atoms with E-state index in [1.54, 1.807) is 31.2 Å². The number of carbonyl (C=O) groups excluding carboxylic acids is 2. The number of methoxy groups -OCH3 is 2. The number of nitrogens with one attached hydrogen (secondary N) is 1. The molecule has 0 aliphatic rings. The van der Waals surface area contributed by atoms with Crippen LogP contribution in [0.3, 0.4) is 0 Å². The van der Waals surface area contributed by atoms with Crippen molar-refractivity contribution >= 4 is 45.1 Å². The molecule has 0 unspecified atom stereocenters. The maximum absolute atomic E-state index is 14.5. The molecule has 4 aromatic rings. The number of para-hydroxylation sites is 1. The number of nitrogens with zero attached hydrogens (tertiary/aromatic N) is 2. The number of hydrogen-bond acceptors (Lipinski definition) is 8. The maximum Gasteiger partial charge on any atom is 0.359 e. The number of amides is 1. The molecule has 0 aliphatic carbocycles. The van der Waals surface area contributed by atoms with Gasteiger partial charge in [-0.05, 0) is 42.8 Å². The van der Waals surface area contributed by atoms with Crippen molar-refractivity contribution in [2.75, 3.05) is 26.1 Å². The van der Waals surface area contributed by atoms with E-state index in [4.69, 9.17) is 14.2 Å². The molecule has 0 aliphatic heterocycles. The Morgan fingerprint density at radius 2 is 1.89 bits per heavy atom. The first-order valence-electron chi connectivity index (χ1n) is 11.1. The van der Waals surface area contributed by atoms with Crippen LogP contribution in [0, 0.1) is 5.82 Å². The molecule has 37 heavy (non-hydrogen) atoms. The first kappa shape index (κ1) is 25.6. The molecule has 0 spiro atoms. The van der Waals surface area contributed by atoms with Crippen LogP contribution in [0.5, 0.6) is 11.5 Å². The normalized spacial score (nSPS) is 11.0. The number of aromatic nitrogens is 2. The smallest absolute Gasteiger partial charge is 0.359 e. The molecule has 2 heterocycles. The van der Waals surface area contributed by atoms with E-state index in [2.05, 4.69) is 10.4 Å². The summed E-state index contributed by atoms with van der Waals surface area (Å²) in [6.45, 7) is 1.71. The van der Waals surface area contributed by atoms with Gasteiger partial charge in [-0.2, -0.15) is 9.78 Å². The Kier molecular flexibility index (Phi) is 7.63. The molecule has 0 saturated heterocycles. The van der Waals surface area contributed by atoms with Gasteiger partial charge in [0.15, 0.2) is 17.2 Å². The van der Waals surface area contributed by atoms with E-state index in [1.807, 2.05) is 0 Å². The summed E-state index contributed by atoms with van der Waals surface area (Å²) in [5, 5.41) is 8.68. The third kappa shape index (κ3) is 5.21. The molecule has 0 radical (unpaired) electrons. The predicted octanol–water partition coefficient (Wildman–Crippen LogP) is 4.43. The molecular weight excluding hydrogens is 501 g/mol. The third-order valence-corrected chi connectivity index (χ3v) is 6.17. The van der Waals surface area contributed by atoms with E-state index in [9.17, 15) is 18.8 Å². The van der Waals surface area contributed by atoms with Crippen LogP contribution in [-0.4, -0.2) is 42.5 Å². The van der Waals surface area contributed by atoms with E-state index in [0.717, 1.165) is 16.0 Å². The molecule has 2 aromatic heterocycles. The lowest BCUT2D eigenvalue weighted by molar-refractivity contribution is -0.111. The number of rotatable bonds is 8. The van der Waals surface area contributed by atoms with Crippen molar-refractivity contribution in [2.45, 2.75) is 6.92 Å². The zero-order valence-electron chi connectivity index (χ0n) is 20.1. The van der Waals surface area contributed by atoms with E-state index in [-0.39, 0.29) is 33.8 Å². The van der Waals surface area contributed by atoms with Crippen LogP contribution >= 0.6 is 11.3 Å². The Bertz CT molecular complexity index is 1580. The summed E-state index contributed by atoms with van der Waals surface area (Å²) in [6, 6.07) is 10.7. The van der Waals surface area contributed by atoms with Gasteiger partial charge in [-0.3, -0.25) is 9.59 Å². The number of ether oxygens (including phenoxy) is 3. The van der Waals surface area contributed by atoms with Gasteiger partial charge in [0, 0.05) is 16.8 Å². The van der Waals surface area contributed by atoms with Gasteiger partial charge < -0.3 is 19.5 Å². The van der Waals surface area contributed by atoms with Crippen molar-refractivity contribution in [3.05, 3.63) is 81.3 Å². The zero-order chi connectivity index (χ0) is 26.5. The third-order valence-electron chi connectivity index (χ3n) is 5.27. The molecule has 1 amide bonds. The molecule has 0 saturated carbocycles. The number of benzene rings is 2. The van der Waals surface area contributed by atoms with Crippen LogP contribution in [0.15, 0.2) is 58.7 Å². The summed E-state index contributed by atoms with van der Waals surface area (Å²) < 4.78 is 30.9. The average molecular weight is 524 g/mol. The molecule has 0 atom stereocenters. The first-order valence-corrected chi connectivity index (χ1v) is 11.9. The van der Waals surface area contributed by atoms with Crippen LogP contribution in [0.25, 0.3) is 22.5 Å². The largest absolute Gasteiger partial charge is 0.493 e. The highest BCUT2D eigenvalue weighted by Crippen LogP contribution is 2.31. The SMILES string of the molecule is CCOC(=O)c1nn(-c2ccccc2F)c(=O)c2c(NC(=O)/C=C/c3ccc(OC)c(OC)c3)scc12. The van der Waals surface area contributed by atoms with Gasteiger partial charge in [0.05, 0.1) is 26.2 Å². The lowest BCUT2D eigenvalue weighted by atomic mass is 10.2. The van der Waals surface area contributed by atoms with Crippen LogP contribution in [-0.2, 0) is 9.53 Å². The Labute approximate surface area is 214 Å². The minimum absolute atomic E-state index is 0.0131. The minimum Gasteiger partial charge on any atom is -0.493 e. The van der Waals surface area contributed by atoms with Gasteiger partial charge in [-0.1, -0.05) is 18.2 Å².